The largest absolute Gasteiger partial charge is 0.497 e. The van der Waals surface area contributed by atoms with E-state index in [0.717, 1.165) is 16.5 Å². The van der Waals surface area contributed by atoms with Crippen molar-refractivity contribution in [2.24, 2.45) is 5.92 Å². The van der Waals surface area contributed by atoms with Crippen LogP contribution in [0.3, 0.4) is 0 Å². The standard InChI is InChI=1S/C33H39N3O7Si/c1-22-31(44(4,5)26-14-12-25(42-3)13-15-26)29(20-30(38)35(17-18-37)21-23-9-7-6-8-10-23)43-33(22)27-19-24(36(40)41)11-16-28(27)34(2)32(33)39/h6-16,19,22,29,31,37H,17-18,20-21H2,1-5H3/t22-,29+,31-,33+/m0/s1. The maximum Gasteiger partial charge on any atom is 0.269 e. The van der Waals surface area contributed by atoms with Crippen LogP contribution in [-0.4, -0.2) is 68.2 Å². The van der Waals surface area contributed by atoms with Gasteiger partial charge in [0.15, 0.2) is 5.60 Å². The third kappa shape index (κ3) is 5.29. The summed E-state index contributed by atoms with van der Waals surface area (Å²) in [5.74, 6) is -0.161. The van der Waals surface area contributed by atoms with E-state index in [4.69, 9.17) is 9.47 Å². The highest BCUT2D eigenvalue weighted by Crippen LogP contribution is 2.60. The number of hydrogen-bond acceptors (Lipinski definition) is 7. The van der Waals surface area contributed by atoms with E-state index in [1.54, 1.807) is 25.1 Å². The van der Waals surface area contributed by atoms with E-state index in [9.17, 15) is 24.8 Å². The number of amides is 2. The number of nitrogens with zero attached hydrogens (tertiary/aromatic N) is 3. The third-order valence-electron chi connectivity index (χ3n) is 9.47. The first-order valence-electron chi connectivity index (χ1n) is 14.8. The van der Waals surface area contributed by atoms with Gasteiger partial charge in [0.25, 0.3) is 11.6 Å². The van der Waals surface area contributed by atoms with Crippen LogP contribution in [0.4, 0.5) is 11.4 Å². The molecule has 1 spiro atoms. The van der Waals surface area contributed by atoms with E-state index in [1.807, 2.05) is 61.5 Å². The van der Waals surface area contributed by atoms with Crippen molar-refractivity contribution in [1.82, 2.24) is 4.90 Å². The van der Waals surface area contributed by atoms with E-state index < -0.39 is 30.6 Å². The van der Waals surface area contributed by atoms with Gasteiger partial charge in [-0.05, 0) is 29.3 Å². The Morgan fingerprint density at radius 3 is 2.43 bits per heavy atom. The number of aliphatic hydroxyl groups excluding tert-OH is 1. The van der Waals surface area contributed by atoms with Crippen molar-refractivity contribution in [1.29, 1.82) is 0 Å². The van der Waals surface area contributed by atoms with Crippen molar-refractivity contribution in [3.05, 3.63) is 94.0 Å². The van der Waals surface area contributed by atoms with Gasteiger partial charge in [-0.25, -0.2) is 0 Å². The molecule has 2 heterocycles. The van der Waals surface area contributed by atoms with Crippen molar-refractivity contribution >= 4 is 36.4 Å². The van der Waals surface area contributed by atoms with Gasteiger partial charge in [0, 0.05) is 43.8 Å². The summed E-state index contributed by atoms with van der Waals surface area (Å²) in [7, 11) is 0.757. The normalized spacial score (nSPS) is 22.7. The van der Waals surface area contributed by atoms with Crippen molar-refractivity contribution < 1.29 is 29.1 Å². The highest BCUT2D eigenvalue weighted by molar-refractivity contribution is 6.91. The topological polar surface area (TPSA) is 122 Å². The molecule has 232 valence electrons. The first-order valence-corrected chi connectivity index (χ1v) is 17.9. The number of carbonyl (C=O) groups excluding carboxylic acids is 2. The fourth-order valence-electron chi connectivity index (χ4n) is 7.24. The summed E-state index contributed by atoms with van der Waals surface area (Å²) in [6.07, 6.45) is -0.655. The minimum Gasteiger partial charge on any atom is -0.497 e. The molecule has 10 nitrogen and oxygen atoms in total. The molecule has 44 heavy (non-hydrogen) atoms. The molecule has 0 bridgehead atoms. The number of ether oxygens (including phenoxy) is 2. The van der Waals surface area contributed by atoms with Gasteiger partial charge < -0.3 is 24.4 Å². The SMILES string of the molecule is COc1ccc([Si](C)(C)[C@@H]2[C@@H](CC(=O)N(CCO)Cc3ccccc3)O[C@]3(C(=O)N(C)c4ccc([N+](=O)[O-])cc43)[C@H]2C)cc1. The Balaban J connectivity index is 1.59. The Hall–Kier alpha value is -4.06. The number of nitro benzene ring substituents is 1. The van der Waals surface area contributed by atoms with Crippen LogP contribution in [-0.2, 0) is 26.5 Å². The molecule has 2 aliphatic heterocycles. The average molecular weight is 618 g/mol. The summed E-state index contributed by atoms with van der Waals surface area (Å²) in [5, 5.41) is 22.7. The average Bonchev–Trinajstić information content (AvgIpc) is 3.43. The fourth-order valence-corrected chi connectivity index (χ4v) is 11.2. The number of likely N-dealkylation sites (N-methyl/N-ethyl adjacent to an activating group) is 1. The zero-order chi connectivity index (χ0) is 31.8. The Labute approximate surface area is 258 Å². The minimum absolute atomic E-state index is 0.00255. The molecule has 0 aromatic heterocycles. The summed E-state index contributed by atoms with van der Waals surface area (Å²) in [4.78, 5) is 42.6. The van der Waals surface area contributed by atoms with E-state index in [1.165, 1.54) is 17.0 Å². The first-order chi connectivity index (χ1) is 20.9. The predicted octanol–water partition coefficient (Wildman–Crippen LogP) is 4.21. The van der Waals surface area contributed by atoms with Crippen LogP contribution in [0.1, 0.15) is 24.5 Å². The lowest BCUT2D eigenvalue weighted by atomic mass is 9.82. The van der Waals surface area contributed by atoms with Gasteiger partial charge >= 0.3 is 0 Å². The number of methoxy groups -OCH3 is 1. The van der Waals surface area contributed by atoms with E-state index >= 15 is 0 Å². The quantitative estimate of drug-likeness (QED) is 0.206. The van der Waals surface area contributed by atoms with E-state index in [2.05, 4.69) is 13.1 Å². The summed E-state index contributed by atoms with van der Waals surface area (Å²) >= 11 is 0. The Kier molecular flexibility index (Phi) is 8.65. The van der Waals surface area contributed by atoms with Crippen LogP contribution in [0, 0.1) is 16.0 Å². The van der Waals surface area contributed by atoms with Gasteiger partial charge in [-0.3, -0.25) is 19.7 Å². The predicted molar refractivity (Wildman–Crippen MR) is 170 cm³/mol. The Morgan fingerprint density at radius 2 is 1.82 bits per heavy atom. The smallest absolute Gasteiger partial charge is 0.269 e. The molecular weight excluding hydrogens is 578 g/mol. The van der Waals surface area contributed by atoms with Crippen molar-refractivity contribution in [2.75, 3.05) is 32.2 Å². The Morgan fingerprint density at radius 1 is 1.14 bits per heavy atom. The van der Waals surface area contributed by atoms with E-state index in [-0.39, 0.29) is 42.6 Å². The molecule has 1 fully saturated rings. The number of anilines is 1. The van der Waals surface area contributed by atoms with Crippen LogP contribution in [0.2, 0.25) is 18.6 Å². The highest BCUT2D eigenvalue weighted by atomic mass is 28.3. The van der Waals surface area contributed by atoms with Crippen LogP contribution in [0.5, 0.6) is 5.75 Å². The Bertz CT molecular complexity index is 1550. The van der Waals surface area contributed by atoms with Crippen LogP contribution in [0.15, 0.2) is 72.8 Å². The second-order valence-corrected chi connectivity index (χ2v) is 16.9. The van der Waals surface area contributed by atoms with Crippen molar-refractivity contribution in [3.8, 4) is 5.75 Å². The molecule has 3 aromatic rings. The monoisotopic (exact) mass is 617 g/mol. The van der Waals surface area contributed by atoms with Crippen molar-refractivity contribution in [2.45, 2.75) is 50.2 Å². The number of non-ortho nitro benzene ring substituents is 1. The van der Waals surface area contributed by atoms with Gasteiger partial charge in [-0.2, -0.15) is 0 Å². The molecule has 2 amide bonds. The third-order valence-corrected chi connectivity index (χ3v) is 13.8. The summed E-state index contributed by atoms with van der Waals surface area (Å²) in [5.41, 5.74) is 0.140. The minimum atomic E-state index is -2.51. The number of carbonyl (C=O) groups is 2. The lowest BCUT2D eigenvalue weighted by Gasteiger charge is -2.37. The van der Waals surface area contributed by atoms with Gasteiger partial charge in [0.2, 0.25) is 5.91 Å². The second-order valence-electron chi connectivity index (χ2n) is 12.2. The summed E-state index contributed by atoms with van der Waals surface area (Å²) < 4.78 is 12.3. The van der Waals surface area contributed by atoms with Crippen molar-refractivity contribution in [3.63, 3.8) is 0 Å². The van der Waals surface area contributed by atoms with Crippen LogP contribution < -0.4 is 14.8 Å². The highest BCUT2D eigenvalue weighted by Gasteiger charge is 2.66. The van der Waals surface area contributed by atoms with Gasteiger partial charge in [0.05, 0.1) is 44.9 Å². The molecule has 2 aliphatic rings. The molecule has 0 aliphatic carbocycles. The molecule has 11 heteroatoms. The molecule has 0 saturated carbocycles. The van der Waals surface area contributed by atoms with Gasteiger partial charge in [-0.15, -0.1) is 0 Å². The molecular formula is C33H39N3O7Si. The molecule has 0 radical (unpaired) electrons. The number of hydrogen-bond donors (Lipinski definition) is 1. The molecule has 3 aromatic carbocycles. The molecule has 1 saturated heterocycles. The lowest BCUT2D eigenvalue weighted by Crippen LogP contribution is -2.52. The van der Waals surface area contributed by atoms with Crippen LogP contribution in [0.25, 0.3) is 0 Å². The summed E-state index contributed by atoms with van der Waals surface area (Å²) in [6, 6.07) is 21.9. The number of fused-ring (bicyclic) bond motifs is 2. The first kappa shape index (κ1) is 31.4. The summed E-state index contributed by atoms with van der Waals surface area (Å²) in [6.45, 7) is 6.69. The molecule has 0 unspecified atom stereocenters. The number of aliphatic hydroxyl groups is 1. The molecule has 5 rings (SSSR count). The number of nitro groups is 1. The zero-order valence-corrected chi connectivity index (χ0v) is 26.7. The van der Waals surface area contributed by atoms with Gasteiger partial charge in [0.1, 0.15) is 5.75 Å². The molecule has 1 N–H and O–H groups in total. The van der Waals surface area contributed by atoms with Gasteiger partial charge in [-0.1, -0.05) is 67.7 Å². The number of rotatable bonds is 10. The van der Waals surface area contributed by atoms with Crippen LogP contribution >= 0.6 is 0 Å². The van der Waals surface area contributed by atoms with E-state index in [0.29, 0.717) is 17.8 Å². The maximum atomic E-state index is 14.2. The number of benzene rings is 3. The second kappa shape index (κ2) is 12.1. The maximum absolute atomic E-state index is 14.2. The zero-order valence-electron chi connectivity index (χ0n) is 25.7. The lowest BCUT2D eigenvalue weighted by molar-refractivity contribution is -0.385. The molecule has 4 atom stereocenters. The fraction of sp³-hybridized carbons (Fsp3) is 0.394.